The zero-order chi connectivity index (χ0) is 16.7. The standard InChI is InChI=1S/C18H17F3N2S/c19-18(20,21)14-5-7-15(8-6-14)22-12-16(23-9-10-24-23)11-13-3-1-2-4-17(13)22/h1-8,16H,9-12H2. The fourth-order valence-corrected chi connectivity index (χ4v) is 4.07. The van der Waals surface area contributed by atoms with Crippen LogP contribution < -0.4 is 4.90 Å². The van der Waals surface area contributed by atoms with Crippen LogP contribution in [0.2, 0.25) is 0 Å². The predicted molar refractivity (Wildman–Crippen MR) is 91.5 cm³/mol. The number of para-hydroxylation sites is 1. The second kappa shape index (κ2) is 6.01. The van der Waals surface area contributed by atoms with Gasteiger partial charge in [-0.25, -0.2) is 4.31 Å². The summed E-state index contributed by atoms with van der Waals surface area (Å²) in [6.07, 6.45) is -3.31. The SMILES string of the molecule is FC(F)(F)c1ccc(N2CC(N3CCS3)Cc3ccccc32)cc1. The molecule has 1 saturated heterocycles. The third-order valence-corrected chi connectivity index (χ3v) is 5.79. The van der Waals surface area contributed by atoms with Crippen LogP contribution in [-0.4, -0.2) is 29.2 Å². The summed E-state index contributed by atoms with van der Waals surface area (Å²) in [7, 11) is 0. The molecule has 0 amide bonds. The van der Waals surface area contributed by atoms with Gasteiger partial charge in [0, 0.05) is 36.3 Å². The molecule has 2 aromatic carbocycles. The molecule has 0 bridgehead atoms. The van der Waals surface area contributed by atoms with Crippen molar-refractivity contribution in [2.24, 2.45) is 0 Å². The van der Waals surface area contributed by atoms with Crippen molar-refractivity contribution in [3.8, 4) is 0 Å². The highest BCUT2D eigenvalue weighted by Crippen LogP contribution is 2.38. The molecule has 0 aliphatic carbocycles. The lowest BCUT2D eigenvalue weighted by Crippen LogP contribution is -2.48. The molecule has 0 aromatic heterocycles. The number of benzene rings is 2. The van der Waals surface area contributed by atoms with Gasteiger partial charge in [-0.05, 0) is 42.3 Å². The normalized spacial score (nSPS) is 21.3. The van der Waals surface area contributed by atoms with Gasteiger partial charge in [-0.1, -0.05) is 30.1 Å². The Labute approximate surface area is 143 Å². The summed E-state index contributed by atoms with van der Waals surface area (Å²) < 4.78 is 40.8. The van der Waals surface area contributed by atoms with E-state index in [0.29, 0.717) is 6.04 Å². The first-order valence-corrected chi connectivity index (χ1v) is 8.89. The Hall–Kier alpha value is -1.66. The Morgan fingerprint density at radius 1 is 1.00 bits per heavy atom. The molecule has 126 valence electrons. The summed E-state index contributed by atoms with van der Waals surface area (Å²) in [6.45, 7) is 1.88. The first-order valence-electron chi connectivity index (χ1n) is 7.94. The number of nitrogens with zero attached hydrogens (tertiary/aromatic N) is 2. The number of hydrogen-bond donors (Lipinski definition) is 0. The Balaban J connectivity index is 1.67. The van der Waals surface area contributed by atoms with Gasteiger partial charge in [-0.3, -0.25) is 0 Å². The smallest absolute Gasteiger partial charge is 0.340 e. The first-order chi connectivity index (χ1) is 11.5. The molecule has 2 heterocycles. The van der Waals surface area contributed by atoms with Gasteiger partial charge in [-0.2, -0.15) is 13.2 Å². The van der Waals surface area contributed by atoms with Crippen LogP contribution in [0.5, 0.6) is 0 Å². The van der Waals surface area contributed by atoms with Crippen LogP contribution in [0.15, 0.2) is 48.5 Å². The second-order valence-electron chi connectivity index (χ2n) is 6.12. The minimum Gasteiger partial charge on any atom is -0.340 e. The van der Waals surface area contributed by atoms with E-state index in [2.05, 4.69) is 15.3 Å². The molecule has 2 aliphatic heterocycles. The fourth-order valence-electron chi connectivity index (χ4n) is 3.33. The van der Waals surface area contributed by atoms with E-state index < -0.39 is 11.7 Å². The number of rotatable bonds is 2. The van der Waals surface area contributed by atoms with Gasteiger partial charge in [0.1, 0.15) is 0 Å². The van der Waals surface area contributed by atoms with E-state index in [0.717, 1.165) is 36.6 Å². The molecule has 1 atom stereocenters. The lowest BCUT2D eigenvalue weighted by molar-refractivity contribution is -0.137. The molecule has 4 rings (SSSR count). The molecule has 24 heavy (non-hydrogen) atoms. The van der Waals surface area contributed by atoms with Crippen LogP contribution in [0.4, 0.5) is 24.5 Å². The molecule has 0 saturated carbocycles. The van der Waals surface area contributed by atoms with Gasteiger partial charge in [-0.15, -0.1) is 0 Å². The molecular formula is C18H17F3N2S. The molecule has 2 aromatic rings. The average Bonchev–Trinajstić information content (AvgIpc) is 2.52. The van der Waals surface area contributed by atoms with E-state index in [1.54, 1.807) is 12.1 Å². The van der Waals surface area contributed by atoms with Crippen molar-refractivity contribution in [2.45, 2.75) is 18.6 Å². The summed E-state index contributed by atoms with van der Waals surface area (Å²) in [4.78, 5) is 2.14. The topological polar surface area (TPSA) is 6.48 Å². The monoisotopic (exact) mass is 350 g/mol. The van der Waals surface area contributed by atoms with Crippen molar-refractivity contribution in [1.29, 1.82) is 0 Å². The number of halogens is 3. The predicted octanol–water partition coefficient (Wildman–Crippen LogP) is 4.73. The maximum absolute atomic E-state index is 12.8. The Kier molecular flexibility index (Phi) is 3.96. The summed E-state index contributed by atoms with van der Waals surface area (Å²) in [5.74, 6) is 1.15. The van der Waals surface area contributed by atoms with Crippen molar-refractivity contribution in [3.05, 3.63) is 59.7 Å². The Morgan fingerprint density at radius 2 is 1.71 bits per heavy atom. The van der Waals surface area contributed by atoms with Crippen LogP contribution in [0, 0.1) is 0 Å². The van der Waals surface area contributed by atoms with Crippen molar-refractivity contribution < 1.29 is 13.2 Å². The van der Waals surface area contributed by atoms with Gasteiger partial charge in [0.05, 0.1) is 5.56 Å². The highest BCUT2D eigenvalue weighted by molar-refractivity contribution is 7.98. The highest BCUT2D eigenvalue weighted by atomic mass is 32.2. The molecule has 2 aliphatic rings. The lowest BCUT2D eigenvalue weighted by Gasteiger charge is -2.44. The van der Waals surface area contributed by atoms with E-state index in [9.17, 15) is 13.2 Å². The van der Waals surface area contributed by atoms with E-state index in [1.165, 1.54) is 17.7 Å². The quantitative estimate of drug-likeness (QED) is 0.723. The number of fused-ring (bicyclic) bond motifs is 1. The van der Waals surface area contributed by atoms with Crippen molar-refractivity contribution in [3.63, 3.8) is 0 Å². The lowest BCUT2D eigenvalue weighted by atomic mass is 9.97. The van der Waals surface area contributed by atoms with Gasteiger partial charge >= 0.3 is 6.18 Å². The molecule has 2 nitrogen and oxygen atoms in total. The number of anilines is 2. The Morgan fingerprint density at radius 3 is 2.33 bits per heavy atom. The third-order valence-electron chi connectivity index (χ3n) is 4.61. The minimum atomic E-state index is -4.30. The second-order valence-corrected chi connectivity index (χ2v) is 7.25. The molecular weight excluding hydrogens is 333 g/mol. The van der Waals surface area contributed by atoms with E-state index >= 15 is 0 Å². The van der Waals surface area contributed by atoms with Crippen LogP contribution >= 0.6 is 11.9 Å². The molecule has 1 fully saturated rings. The van der Waals surface area contributed by atoms with Gasteiger partial charge < -0.3 is 4.90 Å². The van der Waals surface area contributed by atoms with Crippen molar-refractivity contribution >= 4 is 23.3 Å². The zero-order valence-electron chi connectivity index (χ0n) is 13.0. The van der Waals surface area contributed by atoms with Crippen LogP contribution in [0.3, 0.4) is 0 Å². The van der Waals surface area contributed by atoms with Gasteiger partial charge in [0.2, 0.25) is 0 Å². The number of hydrogen-bond acceptors (Lipinski definition) is 3. The Bertz CT molecular complexity index is 726. The van der Waals surface area contributed by atoms with Crippen LogP contribution in [0.25, 0.3) is 0 Å². The van der Waals surface area contributed by atoms with Crippen molar-refractivity contribution in [1.82, 2.24) is 4.31 Å². The molecule has 6 heteroatoms. The summed E-state index contributed by atoms with van der Waals surface area (Å²) >= 11 is 1.85. The van der Waals surface area contributed by atoms with E-state index in [4.69, 9.17) is 0 Å². The zero-order valence-corrected chi connectivity index (χ0v) is 13.8. The molecule has 1 unspecified atom stereocenters. The van der Waals surface area contributed by atoms with Gasteiger partial charge in [0.25, 0.3) is 0 Å². The minimum absolute atomic E-state index is 0.390. The fraction of sp³-hybridized carbons (Fsp3) is 0.333. The van der Waals surface area contributed by atoms with E-state index in [-0.39, 0.29) is 0 Å². The third kappa shape index (κ3) is 2.89. The largest absolute Gasteiger partial charge is 0.416 e. The first kappa shape index (κ1) is 15.8. The molecule has 0 spiro atoms. The maximum atomic E-state index is 12.8. The summed E-state index contributed by atoms with van der Waals surface area (Å²) in [5.41, 5.74) is 2.55. The van der Waals surface area contributed by atoms with Crippen LogP contribution in [0.1, 0.15) is 11.1 Å². The molecule has 0 radical (unpaired) electrons. The summed E-state index contributed by atoms with van der Waals surface area (Å²) in [5, 5.41) is 0. The highest BCUT2D eigenvalue weighted by Gasteiger charge is 2.33. The number of alkyl halides is 3. The van der Waals surface area contributed by atoms with Crippen molar-refractivity contribution in [2.75, 3.05) is 23.7 Å². The van der Waals surface area contributed by atoms with Gasteiger partial charge in [0.15, 0.2) is 0 Å². The van der Waals surface area contributed by atoms with E-state index in [1.807, 2.05) is 30.1 Å². The maximum Gasteiger partial charge on any atom is 0.416 e. The average molecular weight is 350 g/mol. The summed E-state index contributed by atoms with van der Waals surface area (Å²) in [6, 6.07) is 14.0. The van der Waals surface area contributed by atoms with Crippen LogP contribution in [-0.2, 0) is 12.6 Å². The molecule has 0 N–H and O–H groups in total.